The highest BCUT2D eigenvalue weighted by atomic mass is 16.5. The molecule has 3 rings (SSSR count). The lowest BCUT2D eigenvalue weighted by Crippen LogP contribution is -2.38. The highest BCUT2D eigenvalue weighted by Gasteiger charge is 2.45. The van der Waals surface area contributed by atoms with Crippen molar-refractivity contribution in [2.75, 3.05) is 33.3 Å². The number of nitrogens with zero attached hydrogens (tertiary/aromatic N) is 2. The van der Waals surface area contributed by atoms with Crippen LogP contribution >= 0.6 is 0 Å². The van der Waals surface area contributed by atoms with Crippen LogP contribution in [-0.2, 0) is 9.59 Å². The van der Waals surface area contributed by atoms with Crippen molar-refractivity contribution in [2.45, 2.75) is 19.9 Å². The van der Waals surface area contributed by atoms with Crippen molar-refractivity contribution >= 4 is 17.4 Å². The molecule has 158 valence electrons. The first-order chi connectivity index (χ1) is 14.5. The molecule has 0 spiro atoms. The van der Waals surface area contributed by atoms with Crippen LogP contribution in [0, 0.1) is 0 Å². The van der Waals surface area contributed by atoms with E-state index in [4.69, 9.17) is 4.74 Å². The number of aliphatic hydroxyl groups is 1. The molecular weight excluding hydrogens is 380 g/mol. The summed E-state index contributed by atoms with van der Waals surface area (Å²) in [4.78, 5) is 29.7. The number of carbonyl (C=O) groups excluding carboxylic acids is 2. The zero-order valence-corrected chi connectivity index (χ0v) is 17.7. The molecule has 1 atom stereocenters. The third-order valence-corrected chi connectivity index (χ3v) is 5.57. The average Bonchev–Trinajstić information content (AvgIpc) is 3.04. The molecule has 0 radical (unpaired) electrons. The molecule has 6 heteroatoms. The third-order valence-electron chi connectivity index (χ3n) is 5.57. The summed E-state index contributed by atoms with van der Waals surface area (Å²) in [7, 11) is 1.58. The molecule has 2 aromatic rings. The first kappa shape index (κ1) is 21.6. The Kier molecular flexibility index (Phi) is 6.90. The van der Waals surface area contributed by atoms with Crippen molar-refractivity contribution in [3.8, 4) is 5.75 Å². The molecule has 0 saturated carbocycles. The Morgan fingerprint density at radius 3 is 2.23 bits per heavy atom. The number of rotatable bonds is 8. The lowest BCUT2D eigenvalue weighted by molar-refractivity contribution is -0.140. The molecule has 0 unspecified atom stereocenters. The Balaban J connectivity index is 2.07. The third kappa shape index (κ3) is 4.24. The van der Waals surface area contributed by atoms with Gasteiger partial charge in [0.25, 0.3) is 11.7 Å². The second kappa shape index (κ2) is 9.59. The summed E-state index contributed by atoms with van der Waals surface area (Å²) in [6, 6.07) is 15.5. The first-order valence-corrected chi connectivity index (χ1v) is 10.2. The Bertz CT molecular complexity index is 918. The van der Waals surface area contributed by atoms with Crippen LogP contribution in [0.4, 0.5) is 0 Å². The minimum absolute atomic E-state index is 0.121. The Morgan fingerprint density at radius 1 is 1.03 bits per heavy atom. The summed E-state index contributed by atoms with van der Waals surface area (Å²) in [6.45, 7) is 6.89. The first-order valence-electron chi connectivity index (χ1n) is 10.2. The van der Waals surface area contributed by atoms with Gasteiger partial charge >= 0.3 is 0 Å². The maximum atomic E-state index is 13.0. The van der Waals surface area contributed by atoms with Gasteiger partial charge in [0, 0.05) is 18.7 Å². The molecular formula is C24H28N2O4. The molecule has 2 aromatic carbocycles. The quantitative estimate of drug-likeness (QED) is 0.412. The van der Waals surface area contributed by atoms with E-state index in [-0.39, 0.29) is 11.3 Å². The summed E-state index contributed by atoms with van der Waals surface area (Å²) < 4.78 is 5.24. The van der Waals surface area contributed by atoms with Crippen molar-refractivity contribution in [2.24, 2.45) is 0 Å². The zero-order chi connectivity index (χ0) is 21.7. The van der Waals surface area contributed by atoms with Crippen LogP contribution < -0.4 is 4.74 Å². The number of likely N-dealkylation sites (N-methyl/N-ethyl adjacent to an activating group) is 1. The van der Waals surface area contributed by atoms with Gasteiger partial charge in [-0.25, -0.2) is 0 Å². The van der Waals surface area contributed by atoms with E-state index < -0.39 is 17.7 Å². The maximum Gasteiger partial charge on any atom is 0.295 e. The number of Topliss-reactive ketones (excluding diaryl/α,β-unsaturated/α-hetero) is 1. The van der Waals surface area contributed by atoms with Gasteiger partial charge in [0.05, 0.1) is 18.7 Å². The number of benzene rings is 2. The molecule has 1 amide bonds. The number of methoxy groups -OCH3 is 1. The molecule has 1 N–H and O–H groups in total. The molecule has 0 aromatic heterocycles. The fraction of sp³-hybridized carbons (Fsp3) is 0.333. The Labute approximate surface area is 177 Å². The maximum absolute atomic E-state index is 13.0. The summed E-state index contributed by atoms with van der Waals surface area (Å²) >= 11 is 0. The fourth-order valence-corrected chi connectivity index (χ4v) is 3.78. The van der Waals surface area contributed by atoms with E-state index in [9.17, 15) is 14.7 Å². The molecule has 6 nitrogen and oxygen atoms in total. The highest BCUT2D eigenvalue weighted by Crippen LogP contribution is 2.39. The molecule has 0 bridgehead atoms. The molecule has 1 heterocycles. The van der Waals surface area contributed by atoms with Crippen molar-refractivity contribution < 1.29 is 19.4 Å². The molecule has 1 aliphatic heterocycles. The van der Waals surface area contributed by atoms with Crippen LogP contribution in [0.25, 0.3) is 5.76 Å². The molecule has 1 fully saturated rings. The normalized spacial score (nSPS) is 18.3. The van der Waals surface area contributed by atoms with Gasteiger partial charge in [0.1, 0.15) is 11.5 Å². The second-order valence-electron chi connectivity index (χ2n) is 7.16. The predicted molar refractivity (Wildman–Crippen MR) is 116 cm³/mol. The summed E-state index contributed by atoms with van der Waals surface area (Å²) in [5.74, 6) is -0.709. The highest BCUT2D eigenvalue weighted by molar-refractivity contribution is 6.46. The van der Waals surface area contributed by atoms with Gasteiger partial charge < -0.3 is 19.6 Å². The van der Waals surface area contributed by atoms with E-state index >= 15 is 0 Å². The van der Waals surface area contributed by atoms with E-state index in [1.54, 1.807) is 48.4 Å². The number of ether oxygens (including phenoxy) is 1. The van der Waals surface area contributed by atoms with E-state index in [0.29, 0.717) is 24.4 Å². The van der Waals surface area contributed by atoms with Gasteiger partial charge in [-0.2, -0.15) is 0 Å². The van der Waals surface area contributed by atoms with Gasteiger partial charge in [-0.1, -0.05) is 56.3 Å². The van der Waals surface area contributed by atoms with Gasteiger partial charge in [-0.05, 0) is 30.8 Å². The monoisotopic (exact) mass is 408 g/mol. The number of likely N-dealkylation sites (tertiary alicyclic amines) is 1. The number of aliphatic hydroxyl groups excluding tert-OH is 1. The number of carbonyl (C=O) groups is 2. The van der Waals surface area contributed by atoms with E-state index in [2.05, 4.69) is 18.7 Å². The van der Waals surface area contributed by atoms with Crippen LogP contribution in [0.15, 0.2) is 60.2 Å². The molecule has 0 aliphatic carbocycles. The number of hydrogen-bond acceptors (Lipinski definition) is 5. The standard InChI is InChI=1S/C24H28N2O4/c1-4-25(5-2)15-16-26-21(17-11-13-19(30-3)14-12-17)20(23(28)24(26)29)22(27)18-9-7-6-8-10-18/h6-14,21,27H,4-5,15-16H2,1-3H3/b22-20+/t21-/m1/s1. The zero-order valence-electron chi connectivity index (χ0n) is 17.7. The molecule has 1 saturated heterocycles. The largest absolute Gasteiger partial charge is 0.507 e. The number of ketones is 1. The van der Waals surface area contributed by atoms with Gasteiger partial charge in [-0.15, -0.1) is 0 Å². The van der Waals surface area contributed by atoms with E-state index in [0.717, 1.165) is 18.7 Å². The van der Waals surface area contributed by atoms with Crippen LogP contribution in [-0.4, -0.2) is 59.9 Å². The van der Waals surface area contributed by atoms with Crippen LogP contribution in [0.3, 0.4) is 0 Å². The Hall–Kier alpha value is -3.12. The van der Waals surface area contributed by atoms with E-state index in [1.165, 1.54) is 0 Å². The summed E-state index contributed by atoms with van der Waals surface area (Å²) in [5, 5.41) is 11.0. The van der Waals surface area contributed by atoms with Crippen LogP contribution in [0.1, 0.15) is 31.0 Å². The lowest BCUT2D eigenvalue weighted by Gasteiger charge is -2.28. The van der Waals surface area contributed by atoms with Crippen molar-refractivity contribution in [1.82, 2.24) is 9.80 Å². The number of amides is 1. The van der Waals surface area contributed by atoms with Crippen molar-refractivity contribution in [1.29, 1.82) is 0 Å². The summed E-state index contributed by atoms with van der Waals surface area (Å²) in [6.07, 6.45) is 0. The topological polar surface area (TPSA) is 70.1 Å². The molecule has 1 aliphatic rings. The lowest BCUT2D eigenvalue weighted by atomic mass is 9.95. The van der Waals surface area contributed by atoms with Crippen molar-refractivity contribution in [3.63, 3.8) is 0 Å². The molecule has 30 heavy (non-hydrogen) atoms. The smallest absolute Gasteiger partial charge is 0.295 e. The minimum atomic E-state index is -0.656. The van der Waals surface area contributed by atoms with Crippen LogP contribution in [0.5, 0.6) is 5.75 Å². The SMILES string of the molecule is CCN(CC)CCN1C(=O)C(=O)/C(=C(/O)c2ccccc2)[C@H]1c1ccc(OC)cc1. The van der Waals surface area contributed by atoms with E-state index in [1.807, 2.05) is 18.2 Å². The second-order valence-corrected chi connectivity index (χ2v) is 7.16. The number of hydrogen-bond donors (Lipinski definition) is 1. The van der Waals surface area contributed by atoms with Gasteiger partial charge in [-0.3, -0.25) is 9.59 Å². The van der Waals surface area contributed by atoms with Crippen LogP contribution in [0.2, 0.25) is 0 Å². The average molecular weight is 408 g/mol. The van der Waals surface area contributed by atoms with Gasteiger partial charge in [0.2, 0.25) is 0 Å². The van der Waals surface area contributed by atoms with Gasteiger partial charge in [0.15, 0.2) is 0 Å². The summed E-state index contributed by atoms with van der Waals surface area (Å²) in [5.41, 5.74) is 1.39. The fourth-order valence-electron chi connectivity index (χ4n) is 3.78. The van der Waals surface area contributed by atoms with Crippen molar-refractivity contribution in [3.05, 3.63) is 71.3 Å². The predicted octanol–water partition coefficient (Wildman–Crippen LogP) is 3.46. The Morgan fingerprint density at radius 2 is 1.67 bits per heavy atom. The minimum Gasteiger partial charge on any atom is -0.507 e.